The SMILES string of the molecule is C=CCN(CC(=O)N(Cc1ccc2c(c1)OCO2)Cc1cccs1)C(=O)CCC(=O)OCC. The highest BCUT2D eigenvalue weighted by atomic mass is 32.1. The van der Waals surface area contributed by atoms with Gasteiger partial charge in [-0.3, -0.25) is 14.4 Å². The molecule has 0 atom stereocenters. The number of carbonyl (C=O) groups excluding carboxylic acids is 3. The van der Waals surface area contributed by atoms with E-state index in [-0.39, 0.29) is 51.1 Å². The molecule has 0 saturated carbocycles. The lowest BCUT2D eigenvalue weighted by Crippen LogP contribution is -2.42. The van der Waals surface area contributed by atoms with Crippen molar-refractivity contribution in [2.75, 3.05) is 26.5 Å². The Morgan fingerprint density at radius 1 is 1.09 bits per heavy atom. The summed E-state index contributed by atoms with van der Waals surface area (Å²) in [6.07, 6.45) is 1.52. The molecule has 9 heteroatoms. The highest BCUT2D eigenvalue weighted by Gasteiger charge is 2.23. The van der Waals surface area contributed by atoms with Gasteiger partial charge in [0.1, 0.15) is 6.54 Å². The molecular formula is C24H28N2O6S. The average molecular weight is 473 g/mol. The third-order valence-corrected chi connectivity index (χ3v) is 5.83. The van der Waals surface area contributed by atoms with Gasteiger partial charge in [-0.15, -0.1) is 17.9 Å². The van der Waals surface area contributed by atoms with Crippen LogP contribution in [0.1, 0.15) is 30.2 Å². The minimum Gasteiger partial charge on any atom is -0.466 e. The summed E-state index contributed by atoms with van der Waals surface area (Å²) < 4.78 is 15.7. The van der Waals surface area contributed by atoms with Gasteiger partial charge in [0.15, 0.2) is 11.5 Å². The molecule has 0 fully saturated rings. The van der Waals surface area contributed by atoms with E-state index in [4.69, 9.17) is 14.2 Å². The lowest BCUT2D eigenvalue weighted by Gasteiger charge is -2.27. The molecule has 176 valence electrons. The maximum atomic E-state index is 13.3. The van der Waals surface area contributed by atoms with Crippen molar-refractivity contribution in [1.29, 1.82) is 0 Å². The lowest BCUT2D eigenvalue weighted by molar-refractivity contribution is -0.146. The highest BCUT2D eigenvalue weighted by molar-refractivity contribution is 7.09. The summed E-state index contributed by atoms with van der Waals surface area (Å²) in [5.74, 6) is 0.401. The smallest absolute Gasteiger partial charge is 0.306 e. The number of rotatable bonds is 12. The van der Waals surface area contributed by atoms with E-state index in [9.17, 15) is 14.4 Å². The molecule has 2 aromatic rings. The van der Waals surface area contributed by atoms with Gasteiger partial charge in [-0.25, -0.2) is 0 Å². The summed E-state index contributed by atoms with van der Waals surface area (Å²) >= 11 is 1.56. The first kappa shape index (κ1) is 24.3. The van der Waals surface area contributed by atoms with Crippen molar-refractivity contribution >= 4 is 29.1 Å². The van der Waals surface area contributed by atoms with Crippen molar-refractivity contribution in [3.63, 3.8) is 0 Å². The minimum atomic E-state index is -0.433. The number of hydrogen-bond acceptors (Lipinski definition) is 7. The molecule has 0 N–H and O–H groups in total. The Morgan fingerprint density at radius 3 is 2.64 bits per heavy atom. The van der Waals surface area contributed by atoms with Crippen molar-refractivity contribution < 1.29 is 28.6 Å². The van der Waals surface area contributed by atoms with Crippen molar-refractivity contribution in [3.8, 4) is 11.5 Å². The van der Waals surface area contributed by atoms with Crippen molar-refractivity contribution in [3.05, 3.63) is 58.8 Å². The second kappa shape index (κ2) is 12.1. The molecule has 1 aliphatic rings. The lowest BCUT2D eigenvalue weighted by atomic mass is 10.2. The molecule has 33 heavy (non-hydrogen) atoms. The third kappa shape index (κ3) is 7.08. The molecule has 8 nitrogen and oxygen atoms in total. The Bertz CT molecular complexity index is 975. The number of nitrogens with zero attached hydrogens (tertiary/aromatic N) is 2. The van der Waals surface area contributed by atoms with Crippen LogP contribution in [0.25, 0.3) is 0 Å². The number of carbonyl (C=O) groups is 3. The number of fused-ring (bicyclic) bond motifs is 1. The Morgan fingerprint density at radius 2 is 1.91 bits per heavy atom. The monoisotopic (exact) mass is 472 g/mol. The first-order chi connectivity index (χ1) is 16.0. The summed E-state index contributed by atoms with van der Waals surface area (Å²) in [6.45, 7) is 6.72. The molecular weight excluding hydrogens is 444 g/mol. The van der Waals surface area contributed by atoms with E-state index in [0.717, 1.165) is 10.4 Å². The summed E-state index contributed by atoms with van der Waals surface area (Å²) in [5, 5.41) is 1.96. The van der Waals surface area contributed by atoms with Gasteiger partial charge in [0.05, 0.1) is 19.6 Å². The van der Waals surface area contributed by atoms with Crippen LogP contribution >= 0.6 is 11.3 Å². The van der Waals surface area contributed by atoms with Crippen LogP contribution in [0.2, 0.25) is 0 Å². The molecule has 0 unspecified atom stereocenters. The van der Waals surface area contributed by atoms with Crippen molar-refractivity contribution in [2.24, 2.45) is 0 Å². The maximum absolute atomic E-state index is 13.3. The van der Waals surface area contributed by atoms with Gasteiger partial charge in [-0.1, -0.05) is 18.2 Å². The molecule has 0 spiro atoms. The molecule has 0 saturated heterocycles. The number of esters is 1. The summed E-state index contributed by atoms with van der Waals surface area (Å²) in [5.41, 5.74) is 0.896. The van der Waals surface area contributed by atoms with E-state index >= 15 is 0 Å². The van der Waals surface area contributed by atoms with Gasteiger partial charge < -0.3 is 24.0 Å². The zero-order chi connectivity index (χ0) is 23.6. The van der Waals surface area contributed by atoms with Crippen LogP contribution in [0.5, 0.6) is 11.5 Å². The molecule has 0 radical (unpaired) electrons. The summed E-state index contributed by atoms with van der Waals surface area (Å²) in [4.78, 5) is 41.7. The fourth-order valence-electron chi connectivity index (χ4n) is 3.36. The van der Waals surface area contributed by atoms with Crippen LogP contribution < -0.4 is 9.47 Å². The zero-order valence-electron chi connectivity index (χ0n) is 18.7. The molecule has 2 heterocycles. The Hall–Kier alpha value is -3.33. The van der Waals surface area contributed by atoms with E-state index in [1.54, 1.807) is 29.2 Å². The largest absolute Gasteiger partial charge is 0.466 e. The standard InChI is InChI=1S/C24H28N2O6S/c1-3-11-25(22(27)9-10-24(29)30-4-2)16-23(28)26(15-19-6-5-12-33-19)14-18-7-8-20-21(13-18)32-17-31-20/h3,5-8,12-13H,1,4,9-11,14-17H2,2H3. The van der Waals surface area contributed by atoms with Crippen LogP contribution in [0.15, 0.2) is 48.4 Å². The second-order valence-corrected chi connectivity index (χ2v) is 8.42. The van der Waals surface area contributed by atoms with Crippen molar-refractivity contribution in [2.45, 2.75) is 32.9 Å². The van der Waals surface area contributed by atoms with E-state index in [0.29, 0.717) is 24.6 Å². The second-order valence-electron chi connectivity index (χ2n) is 7.38. The zero-order valence-corrected chi connectivity index (χ0v) is 19.5. The van der Waals surface area contributed by atoms with Gasteiger partial charge in [0.2, 0.25) is 18.6 Å². The van der Waals surface area contributed by atoms with E-state index < -0.39 is 5.97 Å². The molecule has 1 aromatic carbocycles. The van der Waals surface area contributed by atoms with Crippen LogP contribution in [0.4, 0.5) is 0 Å². The molecule has 3 rings (SSSR count). The molecule has 1 aliphatic heterocycles. The predicted octanol–water partition coefficient (Wildman–Crippen LogP) is 3.36. The molecule has 1 aromatic heterocycles. The van der Waals surface area contributed by atoms with Gasteiger partial charge in [0, 0.05) is 24.4 Å². The summed E-state index contributed by atoms with van der Waals surface area (Å²) in [7, 11) is 0. The van der Waals surface area contributed by atoms with E-state index in [1.165, 1.54) is 4.90 Å². The highest BCUT2D eigenvalue weighted by Crippen LogP contribution is 2.33. The predicted molar refractivity (Wildman–Crippen MR) is 124 cm³/mol. The fourth-order valence-corrected chi connectivity index (χ4v) is 4.08. The van der Waals surface area contributed by atoms with Gasteiger partial charge in [-0.2, -0.15) is 0 Å². The van der Waals surface area contributed by atoms with E-state index in [2.05, 4.69) is 6.58 Å². The number of amides is 2. The maximum Gasteiger partial charge on any atom is 0.306 e. The number of benzene rings is 1. The first-order valence-electron chi connectivity index (χ1n) is 10.7. The molecule has 2 amide bonds. The number of ether oxygens (including phenoxy) is 3. The normalized spacial score (nSPS) is 11.7. The van der Waals surface area contributed by atoms with Crippen molar-refractivity contribution in [1.82, 2.24) is 9.80 Å². The first-order valence-corrected chi connectivity index (χ1v) is 11.6. The van der Waals surface area contributed by atoms with E-state index in [1.807, 2.05) is 35.7 Å². The van der Waals surface area contributed by atoms with Crippen LogP contribution in [0, 0.1) is 0 Å². The van der Waals surface area contributed by atoms with Gasteiger partial charge >= 0.3 is 5.97 Å². The Kier molecular flexibility index (Phi) is 8.88. The molecule has 0 aliphatic carbocycles. The third-order valence-electron chi connectivity index (χ3n) is 4.97. The fraction of sp³-hybridized carbons (Fsp3) is 0.375. The van der Waals surface area contributed by atoms with Gasteiger partial charge in [0.25, 0.3) is 0 Å². The van der Waals surface area contributed by atoms with Crippen LogP contribution in [-0.2, 0) is 32.2 Å². The summed E-state index contributed by atoms with van der Waals surface area (Å²) in [6, 6.07) is 9.49. The minimum absolute atomic E-state index is 0.0208. The average Bonchev–Trinajstić information content (AvgIpc) is 3.48. The number of hydrogen-bond donors (Lipinski definition) is 0. The quantitative estimate of drug-likeness (QED) is 0.348. The Balaban J connectivity index is 1.69. The number of thiophene rings is 1. The van der Waals surface area contributed by atoms with Gasteiger partial charge in [-0.05, 0) is 36.1 Å². The van der Waals surface area contributed by atoms with Crippen LogP contribution in [-0.4, -0.2) is 54.1 Å². The Labute approximate surface area is 197 Å². The molecule has 0 bridgehead atoms. The topological polar surface area (TPSA) is 85.4 Å². The van der Waals surface area contributed by atoms with Crippen LogP contribution in [0.3, 0.4) is 0 Å².